The summed E-state index contributed by atoms with van der Waals surface area (Å²) in [5, 5.41) is 0. The minimum Gasteiger partial charge on any atom is -0.380 e. The van der Waals surface area contributed by atoms with Crippen molar-refractivity contribution in [3.05, 3.63) is 84.7 Å². The molecule has 6 nitrogen and oxygen atoms in total. The lowest BCUT2D eigenvalue weighted by Crippen LogP contribution is -2.47. The molecule has 4 rings (SSSR count). The normalized spacial score (nSPS) is 14.2. The SMILES string of the molecule is CN(Cc1cccnc1)C(=O)CCOCCN1CCN(c2ccccc2-c2ccccc2)CC1. The Labute approximate surface area is 202 Å². The maximum atomic E-state index is 12.3. The molecule has 1 aliphatic heterocycles. The molecule has 0 saturated carbocycles. The lowest BCUT2D eigenvalue weighted by atomic mass is 10.0. The number of ether oxygens (including phenoxy) is 1. The molecule has 1 fully saturated rings. The predicted octanol–water partition coefficient (Wildman–Crippen LogP) is 3.94. The Morgan fingerprint density at radius 1 is 0.941 bits per heavy atom. The van der Waals surface area contributed by atoms with Gasteiger partial charge in [-0.2, -0.15) is 0 Å². The van der Waals surface area contributed by atoms with Gasteiger partial charge in [-0.15, -0.1) is 0 Å². The Morgan fingerprint density at radius 2 is 1.71 bits per heavy atom. The van der Waals surface area contributed by atoms with Crippen molar-refractivity contribution in [2.24, 2.45) is 0 Å². The molecular formula is C28H34N4O2. The number of pyridine rings is 1. The van der Waals surface area contributed by atoms with Crippen molar-refractivity contribution in [1.29, 1.82) is 0 Å². The summed E-state index contributed by atoms with van der Waals surface area (Å²) in [6.45, 7) is 6.61. The summed E-state index contributed by atoms with van der Waals surface area (Å²) in [6.07, 6.45) is 3.93. The summed E-state index contributed by atoms with van der Waals surface area (Å²) < 4.78 is 5.78. The topological polar surface area (TPSA) is 48.9 Å². The smallest absolute Gasteiger partial charge is 0.224 e. The Kier molecular flexibility index (Phi) is 8.65. The quantitative estimate of drug-likeness (QED) is 0.431. The number of nitrogens with zero attached hydrogens (tertiary/aromatic N) is 4. The molecule has 1 aromatic heterocycles. The number of amides is 1. The molecule has 2 heterocycles. The van der Waals surface area contributed by atoms with Crippen LogP contribution >= 0.6 is 0 Å². The van der Waals surface area contributed by atoms with Crippen LogP contribution in [0.5, 0.6) is 0 Å². The van der Waals surface area contributed by atoms with Gasteiger partial charge in [0, 0.05) is 70.0 Å². The zero-order valence-electron chi connectivity index (χ0n) is 20.0. The summed E-state index contributed by atoms with van der Waals surface area (Å²) in [7, 11) is 1.82. The van der Waals surface area contributed by atoms with Crippen LogP contribution in [-0.2, 0) is 16.1 Å². The van der Waals surface area contributed by atoms with Gasteiger partial charge in [0.1, 0.15) is 0 Å². The molecule has 0 unspecified atom stereocenters. The highest BCUT2D eigenvalue weighted by Gasteiger charge is 2.19. The van der Waals surface area contributed by atoms with Crippen LogP contribution in [0.25, 0.3) is 11.1 Å². The molecule has 0 atom stereocenters. The Morgan fingerprint density at radius 3 is 2.47 bits per heavy atom. The van der Waals surface area contributed by atoms with Crippen molar-refractivity contribution < 1.29 is 9.53 Å². The van der Waals surface area contributed by atoms with Gasteiger partial charge in [0.15, 0.2) is 0 Å². The minimum absolute atomic E-state index is 0.0922. The fraction of sp³-hybridized carbons (Fsp3) is 0.357. The first kappa shape index (κ1) is 23.9. The summed E-state index contributed by atoms with van der Waals surface area (Å²) in [4.78, 5) is 23.1. The van der Waals surface area contributed by atoms with E-state index in [-0.39, 0.29) is 5.91 Å². The Hall–Kier alpha value is -3.22. The van der Waals surface area contributed by atoms with Gasteiger partial charge < -0.3 is 14.5 Å². The zero-order valence-corrected chi connectivity index (χ0v) is 20.0. The van der Waals surface area contributed by atoms with Crippen LogP contribution in [0.15, 0.2) is 79.1 Å². The first-order valence-corrected chi connectivity index (χ1v) is 12.0. The zero-order chi connectivity index (χ0) is 23.6. The van der Waals surface area contributed by atoms with Crippen molar-refractivity contribution in [3.8, 4) is 11.1 Å². The third-order valence-electron chi connectivity index (χ3n) is 6.28. The second-order valence-corrected chi connectivity index (χ2v) is 8.69. The summed E-state index contributed by atoms with van der Waals surface area (Å²) >= 11 is 0. The Balaban J connectivity index is 1.15. The van der Waals surface area contributed by atoms with E-state index in [0.29, 0.717) is 26.2 Å². The lowest BCUT2D eigenvalue weighted by molar-refractivity contribution is -0.131. The predicted molar refractivity (Wildman–Crippen MR) is 137 cm³/mol. The molecule has 1 aliphatic rings. The molecule has 3 aromatic rings. The van der Waals surface area contributed by atoms with Crippen molar-refractivity contribution in [3.63, 3.8) is 0 Å². The van der Waals surface area contributed by atoms with Crippen molar-refractivity contribution >= 4 is 11.6 Å². The second kappa shape index (κ2) is 12.3. The fourth-order valence-corrected chi connectivity index (χ4v) is 4.32. The van der Waals surface area contributed by atoms with E-state index in [1.807, 2.05) is 19.2 Å². The molecule has 0 N–H and O–H groups in total. The molecule has 6 heteroatoms. The van der Waals surface area contributed by atoms with Crippen LogP contribution in [0.1, 0.15) is 12.0 Å². The number of carbonyl (C=O) groups excluding carboxylic acids is 1. The second-order valence-electron chi connectivity index (χ2n) is 8.69. The van der Waals surface area contributed by atoms with E-state index in [9.17, 15) is 4.79 Å². The van der Waals surface area contributed by atoms with Crippen LogP contribution in [0, 0.1) is 0 Å². The number of carbonyl (C=O) groups is 1. The number of hydrogen-bond acceptors (Lipinski definition) is 5. The average Bonchev–Trinajstić information content (AvgIpc) is 2.90. The highest BCUT2D eigenvalue weighted by atomic mass is 16.5. The van der Waals surface area contributed by atoms with Crippen molar-refractivity contribution in [2.75, 3.05) is 57.9 Å². The van der Waals surface area contributed by atoms with Crippen LogP contribution in [0.4, 0.5) is 5.69 Å². The van der Waals surface area contributed by atoms with Gasteiger partial charge in [-0.05, 0) is 23.3 Å². The molecule has 1 saturated heterocycles. The van der Waals surface area contributed by atoms with Crippen LogP contribution in [-0.4, -0.2) is 73.7 Å². The van der Waals surface area contributed by atoms with E-state index < -0.39 is 0 Å². The van der Waals surface area contributed by atoms with Gasteiger partial charge in [0.05, 0.1) is 19.6 Å². The summed E-state index contributed by atoms with van der Waals surface area (Å²) in [5.74, 6) is 0.0922. The van der Waals surface area contributed by atoms with E-state index in [2.05, 4.69) is 69.4 Å². The number of hydrogen-bond donors (Lipinski definition) is 0. The van der Waals surface area contributed by atoms with Gasteiger partial charge in [-0.25, -0.2) is 0 Å². The number of benzene rings is 2. The molecule has 0 spiro atoms. The van der Waals surface area contributed by atoms with Gasteiger partial charge in [-0.1, -0.05) is 54.6 Å². The highest BCUT2D eigenvalue weighted by Crippen LogP contribution is 2.31. The monoisotopic (exact) mass is 458 g/mol. The van der Waals surface area contributed by atoms with Crippen molar-refractivity contribution in [2.45, 2.75) is 13.0 Å². The highest BCUT2D eigenvalue weighted by molar-refractivity contribution is 5.78. The molecule has 178 valence electrons. The van der Waals surface area contributed by atoms with Crippen molar-refractivity contribution in [1.82, 2.24) is 14.8 Å². The largest absolute Gasteiger partial charge is 0.380 e. The number of para-hydroxylation sites is 1. The standard InChI is InChI=1S/C28H34N4O2/c1-30(23-24-8-7-14-29-22-24)28(33)13-20-34-21-19-31-15-17-32(18-16-31)27-12-6-5-11-26(27)25-9-3-2-4-10-25/h2-12,14,22H,13,15-21,23H2,1H3. The van der Waals surface area contributed by atoms with Crippen LogP contribution in [0.2, 0.25) is 0 Å². The number of aromatic nitrogens is 1. The van der Waals surface area contributed by atoms with E-state index in [0.717, 1.165) is 38.3 Å². The molecule has 34 heavy (non-hydrogen) atoms. The van der Waals surface area contributed by atoms with Gasteiger partial charge in [0.25, 0.3) is 0 Å². The molecule has 2 aromatic carbocycles. The van der Waals surface area contributed by atoms with Gasteiger partial charge in [-0.3, -0.25) is 14.7 Å². The van der Waals surface area contributed by atoms with E-state index in [1.165, 1.54) is 16.8 Å². The molecular weight excluding hydrogens is 424 g/mol. The third-order valence-corrected chi connectivity index (χ3v) is 6.28. The molecule has 0 aliphatic carbocycles. The van der Waals surface area contributed by atoms with Gasteiger partial charge >= 0.3 is 0 Å². The number of anilines is 1. The molecule has 1 amide bonds. The summed E-state index contributed by atoms with van der Waals surface area (Å²) in [6, 6.07) is 23.1. The maximum absolute atomic E-state index is 12.3. The minimum atomic E-state index is 0.0922. The fourth-order valence-electron chi connectivity index (χ4n) is 4.32. The number of rotatable bonds is 10. The van der Waals surface area contributed by atoms with Gasteiger partial charge in [0.2, 0.25) is 5.91 Å². The number of piperazine rings is 1. The van der Waals surface area contributed by atoms with Crippen LogP contribution < -0.4 is 4.90 Å². The summed E-state index contributed by atoms with van der Waals surface area (Å²) in [5.41, 5.74) is 4.89. The van der Waals surface area contributed by atoms with Crippen LogP contribution in [0.3, 0.4) is 0 Å². The lowest BCUT2D eigenvalue weighted by Gasteiger charge is -2.37. The van der Waals surface area contributed by atoms with E-state index in [4.69, 9.17) is 4.74 Å². The molecule has 0 radical (unpaired) electrons. The first-order valence-electron chi connectivity index (χ1n) is 12.0. The van der Waals surface area contributed by atoms with E-state index in [1.54, 1.807) is 17.3 Å². The third kappa shape index (κ3) is 6.65. The average molecular weight is 459 g/mol. The molecule has 0 bridgehead atoms. The Bertz CT molecular complexity index is 1020. The maximum Gasteiger partial charge on any atom is 0.224 e. The van der Waals surface area contributed by atoms with E-state index >= 15 is 0 Å². The first-order chi connectivity index (χ1) is 16.7.